The third-order valence-electron chi connectivity index (χ3n) is 2.59. The number of hydrogen-bond acceptors (Lipinski definition) is 3. The highest BCUT2D eigenvalue weighted by Gasteiger charge is 2.08. The molecule has 0 saturated carbocycles. The summed E-state index contributed by atoms with van der Waals surface area (Å²) in [5, 5.41) is 2.68. The van der Waals surface area contributed by atoms with E-state index in [0.29, 0.717) is 38.6 Å². The number of Topliss-reactive ketones (excluding diaryl/α,β-unsaturated/α-hetero) is 2. The van der Waals surface area contributed by atoms with Crippen molar-refractivity contribution in [2.24, 2.45) is 5.92 Å². The van der Waals surface area contributed by atoms with Crippen LogP contribution in [0, 0.1) is 5.92 Å². The second kappa shape index (κ2) is 8.90. The van der Waals surface area contributed by atoms with Gasteiger partial charge in [-0.15, -0.1) is 0 Å². The van der Waals surface area contributed by atoms with Crippen molar-refractivity contribution in [1.82, 2.24) is 5.32 Å². The van der Waals surface area contributed by atoms with E-state index in [9.17, 15) is 14.4 Å². The van der Waals surface area contributed by atoms with Gasteiger partial charge in [0.1, 0.15) is 11.6 Å². The number of carbonyl (C=O) groups is 3. The molecular formula is C13H23NO3. The quantitative estimate of drug-likeness (QED) is 0.670. The van der Waals surface area contributed by atoms with Crippen molar-refractivity contribution in [2.45, 2.75) is 52.9 Å². The average Bonchev–Trinajstić information content (AvgIpc) is 2.28. The van der Waals surface area contributed by atoms with E-state index in [0.717, 1.165) is 0 Å². The van der Waals surface area contributed by atoms with Gasteiger partial charge in [0.05, 0.1) is 0 Å². The second-order valence-corrected chi connectivity index (χ2v) is 4.47. The Labute approximate surface area is 103 Å². The summed E-state index contributed by atoms with van der Waals surface area (Å²) >= 11 is 0. The molecule has 0 aliphatic heterocycles. The van der Waals surface area contributed by atoms with E-state index in [-0.39, 0.29) is 23.4 Å². The Morgan fingerprint density at radius 3 is 2.24 bits per heavy atom. The van der Waals surface area contributed by atoms with Crippen LogP contribution in [0.4, 0.5) is 0 Å². The summed E-state index contributed by atoms with van der Waals surface area (Å²) in [4.78, 5) is 33.6. The SMILES string of the molecule is CCC(=O)CCNC(=O)CCCC(=O)C(C)C. The van der Waals surface area contributed by atoms with Crippen molar-refractivity contribution >= 4 is 17.5 Å². The number of amides is 1. The highest BCUT2D eigenvalue weighted by Crippen LogP contribution is 2.04. The molecule has 4 nitrogen and oxygen atoms in total. The summed E-state index contributed by atoms with van der Waals surface area (Å²) in [5.41, 5.74) is 0. The number of nitrogens with one attached hydrogen (secondary N) is 1. The number of rotatable bonds is 9. The summed E-state index contributed by atoms with van der Waals surface area (Å²) in [6.45, 7) is 5.93. The molecule has 0 aliphatic carbocycles. The Bertz CT molecular complexity index is 272. The second-order valence-electron chi connectivity index (χ2n) is 4.47. The monoisotopic (exact) mass is 241 g/mol. The van der Waals surface area contributed by atoms with Crippen LogP contribution in [0.3, 0.4) is 0 Å². The predicted octanol–water partition coefficient (Wildman–Crippen LogP) is 1.87. The first kappa shape index (κ1) is 15.8. The minimum atomic E-state index is -0.0783. The van der Waals surface area contributed by atoms with Crippen LogP contribution < -0.4 is 5.32 Å². The van der Waals surface area contributed by atoms with Gasteiger partial charge >= 0.3 is 0 Å². The molecule has 0 atom stereocenters. The van der Waals surface area contributed by atoms with Crippen molar-refractivity contribution in [3.63, 3.8) is 0 Å². The van der Waals surface area contributed by atoms with Crippen LogP contribution in [-0.2, 0) is 14.4 Å². The summed E-state index contributed by atoms with van der Waals surface area (Å²) < 4.78 is 0. The number of ketones is 2. The number of carbonyl (C=O) groups excluding carboxylic acids is 3. The van der Waals surface area contributed by atoms with E-state index in [1.165, 1.54) is 0 Å². The van der Waals surface area contributed by atoms with Gasteiger partial charge in [-0.2, -0.15) is 0 Å². The van der Waals surface area contributed by atoms with Crippen LogP contribution in [0.5, 0.6) is 0 Å². The van der Waals surface area contributed by atoms with Crippen molar-refractivity contribution in [1.29, 1.82) is 0 Å². The van der Waals surface area contributed by atoms with Crippen LogP contribution >= 0.6 is 0 Å². The molecule has 4 heteroatoms. The Kier molecular flexibility index (Phi) is 8.28. The van der Waals surface area contributed by atoms with E-state index in [4.69, 9.17) is 0 Å². The maximum absolute atomic E-state index is 11.3. The fraction of sp³-hybridized carbons (Fsp3) is 0.769. The Hall–Kier alpha value is -1.19. The molecule has 0 spiro atoms. The van der Waals surface area contributed by atoms with Gasteiger partial charge in [-0.05, 0) is 6.42 Å². The highest BCUT2D eigenvalue weighted by atomic mass is 16.2. The van der Waals surface area contributed by atoms with Gasteiger partial charge in [-0.1, -0.05) is 20.8 Å². The Morgan fingerprint density at radius 2 is 1.71 bits per heavy atom. The Balaban J connectivity index is 3.54. The third kappa shape index (κ3) is 8.60. The minimum Gasteiger partial charge on any atom is -0.356 e. The topological polar surface area (TPSA) is 63.2 Å². The zero-order chi connectivity index (χ0) is 13.3. The van der Waals surface area contributed by atoms with Gasteiger partial charge < -0.3 is 5.32 Å². The van der Waals surface area contributed by atoms with Gasteiger partial charge in [0, 0.05) is 38.1 Å². The lowest BCUT2D eigenvalue weighted by Crippen LogP contribution is -2.25. The van der Waals surface area contributed by atoms with Crippen LogP contribution in [0.1, 0.15) is 52.9 Å². The molecule has 0 heterocycles. The van der Waals surface area contributed by atoms with Crippen LogP contribution in [0.2, 0.25) is 0 Å². The molecule has 0 aromatic heterocycles. The maximum Gasteiger partial charge on any atom is 0.220 e. The lowest BCUT2D eigenvalue weighted by atomic mass is 10.0. The standard InChI is InChI=1S/C13H23NO3/c1-4-11(15)8-9-14-13(17)7-5-6-12(16)10(2)3/h10H,4-9H2,1-3H3,(H,14,17). The first-order valence-corrected chi connectivity index (χ1v) is 6.28. The lowest BCUT2D eigenvalue weighted by molar-refractivity contribution is -0.122. The first-order chi connectivity index (χ1) is 7.97. The molecule has 0 bridgehead atoms. The van der Waals surface area contributed by atoms with Gasteiger partial charge in [-0.3, -0.25) is 14.4 Å². The molecule has 0 fully saturated rings. The first-order valence-electron chi connectivity index (χ1n) is 6.28. The molecule has 0 aromatic carbocycles. The largest absolute Gasteiger partial charge is 0.356 e. The molecule has 17 heavy (non-hydrogen) atoms. The van der Waals surface area contributed by atoms with Crippen molar-refractivity contribution in [3.8, 4) is 0 Å². The average molecular weight is 241 g/mol. The predicted molar refractivity (Wildman–Crippen MR) is 66.6 cm³/mol. The van der Waals surface area contributed by atoms with E-state index in [2.05, 4.69) is 5.32 Å². The zero-order valence-corrected chi connectivity index (χ0v) is 11.0. The van der Waals surface area contributed by atoms with Crippen molar-refractivity contribution in [3.05, 3.63) is 0 Å². The molecule has 1 N–H and O–H groups in total. The van der Waals surface area contributed by atoms with E-state index in [1.54, 1.807) is 0 Å². The van der Waals surface area contributed by atoms with Crippen molar-refractivity contribution in [2.75, 3.05) is 6.54 Å². The molecular weight excluding hydrogens is 218 g/mol. The highest BCUT2D eigenvalue weighted by molar-refractivity contribution is 5.82. The maximum atomic E-state index is 11.3. The molecule has 0 saturated heterocycles. The van der Waals surface area contributed by atoms with Crippen LogP contribution in [0.25, 0.3) is 0 Å². The molecule has 0 unspecified atom stereocenters. The summed E-state index contributed by atoms with van der Waals surface area (Å²) in [7, 11) is 0. The van der Waals surface area contributed by atoms with E-state index >= 15 is 0 Å². The summed E-state index contributed by atoms with van der Waals surface area (Å²) in [6.07, 6.45) is 2.31. The molecule has 0 aliphatic rings. The molecule has 0 aromatic rings. The summed E-state index contributed by atoms with van der Waals surface area (Å²) in [5.74, 6) is 0.310. The summed E-state index contributed by atoms with van der Waals surface area (Å²) in [6, 6.07) is 0. The van der Waals surface area contributed by atoms with Crippen LogP contribution in [-0.4, -0.2) is 24.0 Å². The van der Waals surface area contributed by atoms with Crippen LogP contribution in [0.15, 0.2) is 0 Å². The van der Waals surface area contributed by atoms with Crippen molar-refractivity contribution < 1.29 is 14.4 Å². The molecule has 0 radical (unpaired) electrons. The van der Waals surface area contributed by atoms with Gasteiger partial charge in [0.25, 0.3) is 0 Å². The normalized spacial score (nSPS) is 10.4. The Morgan fingerprint density at radius 1 is 1.06 bits per heavy atom. The van der Waals surface area contributed by atoms with Gasteiger partial charge in [0.2, 0.25) is 5.91 Å². The molecule has 0 rings (SSSR count). The molecule has 98 valence electrons. The smallest absolute Gasteiger partial charge is 0.220 e. The van der Waals surface area contributed by atoms with Gasteiger partial charge in [0.15, 0.2) is 0 Å². The zero-order valence-electron chi connectivity index (χ0n) is 11.0. The lowest BCUT2D eigenvalue weighted by Gasteiger charge is -2.05. The fourth-order valence-electron chi connectivity index (χ4n) is 1.32. The fourth-order valence-corrected chi connectivity index (χ4v) is 1.32. The van der Waals surface area contributed by atoms with Gasteiger partial charge in [-0.25, -0.2) is 0 Å². The minimum absolute atomic E-state index is 0.0419. The molecule has 1 amide bonds. The van der Waals surface area contributed by atoms with E-state index in [1.807, 2.05) is 20.8 Å². The number of hydrogen-bond donors (Lipinski definition) is 1. The third-order valence-corrected chi connectivity index (χ3v) is 2.59. The van der Waals surface area contributed by atoms with E-state index < -0.39 is 0 Å².